The van der Waals surface area contributed by atoms with E-state index in [4.69, 9.17) is 9.47 Å². The zero-order valence-electron chi connectivity index (χ0n) is 18.5. The first-order valence-electron chi connectivity index (χ1n) is 10.1. The van der Waals surface area contributed by atoms with Gasteiger partial charge in [-0.15, -0.1) is 0 Å². The van der Waals surface area contributed by atoms with E-state index in [1.165, 1.54) is 20.3 Å². The third kappa shape index (κ3) is 6.27. The zero-order valence-corrected chi connectivity index (χ0v) is 18.5. The van der Waals surface area contributed by atoms with E-state index in [-0.39, 0.29) is 5.70 Å². The van der Waals surface area contributed by atoms with Crippen LogP contribution >= 0.6 is 0 Å². The molecule has 8 heteroatoms. The van der Waals surface area contributed by atoms with Gasteiger partial charge >= 0.3 is 0 Å². The Morgan fingerprint density at radius 3 is 2.39 bits per heavy atom. The largest absolute Gasteiger partial charge is 0.497 e. The highest BCUT2D eigenvalue weighted by atomic mass is 16.5. The fourth-order valence-electron chi connectivity index (χ4n) is 2.88. The molecule has 0 saturated heterocycles. The van der Waals surface area contributed by atoms with Crippen molar-refractivity contribution in [1.82, 2.24) is 15.7 Å². The van der Waals surface area contributed by atoms with Crippen molar-refractivity contribution in [3.05, 3.63) is 95.4 Å². The minimum atomic E-state index is -0.612. The summed E-state index contributed by atoms with van der Waals surface area (Å²) < 4.78 is 10.7. The van der Waals surface area contributed by atoms with Gasteiger partial charge in [0, 0.05) is 17.3 Å². The number of aromatic nitrogens is 1. The number of hydrogen-bond acceptors (Lipinski definition) is 6. The summed E-state index contributed by atoms with van der Waals surface area (Å²) in [4.78, 5) is 30.0. The molecule has 8 nitrogen and oxygen atoms in total. The van der Waals surface area contributed by atoms with Crippen LogP contribution < -0.4 is 20.2 Å². The van der Waals surface area contributed by atoms with Crippen molar-refractivity contribution in [2.24, 2.45) is 5.10 Å². The summed E-state index contributed by atoms with van der Waals surface area (Å²) >= 11 is 0. The second-order valence-corrected chi connectivity index (χ2v) is 6.84. The smallest absolute Gasteiger partial charge is 0.287 e. The first-order chi connectivity index (χ1) is 16.0. The van der Waals surface area contributed by atoms with E-state index in [2.05, 4.69) is 20.8 Å². The predicted molar refractivity (Wildman–Crippen MR) is 126 cm³/mol. The molecule has 0 aliphatic carbocycles. The highest BCUT2D eigenvalue weighted by Gasteiger charge is 2.16. The van der Waals surface area contributed by atoms with Crippen LogP contribution in [-0.4, -0.2) is 36.7 Å². The van der Waals surface area contributed by atoms with Gasteiger partial charge in [-0.25, -0.2) is 5.43 Å². The number of ether oxygens (including phenoxy) is 2. The molecule has 3 aromatic rings. The van der Waals surface area contributed by atoms with E-state index in [0.29, 0.717) is 34.0 Å². The number of nitrogens with zero attached hydrogens (tertiary/aromatic N) is 2. The molecular formula is C25H24N4O4. The monoisotopic (exact) mass is 444 g/mol. The van der Waals surface area contributed by atoms with E-state index in [1.54, 1.807) is 73.8 Å². The summed E-state index contributed by atoms with van der Waals surface area (Å²) in [6, 6.07) is 19.1. The van der Waals surface area contributed by atoms with E-state index in [1.807, 2.05) is 6.07 Å². The van der Waals surface area contributed by atoms with Gasteiger partial charge < -0.3 is 14.8 Å². The fourth-order valence-corrected chi connectivity index (χ4v) is 2.88. The van der Waals surface area contributed by atoms with Crippen LogP contribution in [0.25, 0.3) is 6.08 Å². The molecule has 168 valence electrons. The van der Waals surface area contributed by atoms with E-state index in [9.17, 15) is 9.59 Å². The molecule has 0 radical (unpaired) electrons. The number of hydrogen-bond donors (Lipinski definition) is 2. The third-order valence-electron chi connectivity index (χ3n) is 4.63. The molecule has 0 spiro atoms. The van der Waals surface area contributed by atoms with Gasteiger partial charge in [0.25, 0.3) is 11.8 Å². The van der Waals surface area contributed by atoms with Crippen molar-refractivity contribution < 1.29 is 19.1 Å². The van der Waals surface area contributed by atoms with Crippen LogP contribution in [0.15, 0.2) is 83.7 Å². The zero-order chi connectivity index (χ0) is 23.6. The van der Waals surface area contributed by atoms with Crippen LogP contribution in [0.5, 0.6) is 11.5 Å². The Morgan fingerprint density at radius 1 is 0.970 bits per heavy atom. The van der Waals surface area contributed by atoms with E-state index < -0.39 is 11.8 Å². The molecule has 0 atom stereocenters. The van der Waals surface area contributed by atoms with Gasteiger partial charge in [-0.3, -0.25) is 14.6 Å². The van der Waals surface area contributed by atoms with Crippen molar-refractivity contribution in [1.29, 1.82) is 0 Å². The Balaban J connectivity index is 1.94. The Hall–Kier alpha value is -4.46. The second-order valence-electron chi connectivity index (χ2n) is 6.84. The average molecular weight is 444 g/mol. The van der Waals surface area contributed by atoms with Gasteiger partial charge in [0.1, 0.15) is 17.2 Å². The molecular weight excluding hydrogens is 420 g/mol. The van der Waals surface area contributed by atoms with E-state index >= 15 is 0 Å². The quantitative estimate of drug-likeness (QED) is 0.315. The molecule has 1 aromatic heterocycles. The fraction of sp³-hybridized carbons (Fsp3) is 0.120. The standard InChI is InChI=1S/C25H24N4O4/c1-17(21-11-7-8-14-26-21)28-29-25(31)22(27-24(30)18-9-5-4-6-10-18)16-19-15-20(32-2)12-13-23(19)33-3/h4-16H,1-3H3,(H,27,30)(H,29,31)/b22-16-,28-17-. The minimum Gasteiger partial charge on any atom is -0.497 e. The Kier molecular flexibility index (Phi) is 7.91. The van der Waals surface area contributed by atoms with Crippen LogP contribution in [0.4, 0.5) is 0 Å². The number of hydrazone groups is 1. The van der Waals surface area contributed by atoms with Crippen molar-refractivity contribution in [2.45, 2.75) is 6.92 Å². The average Bonchev–Trinajstić information content (AvgIpc) is 2.87. The van der Waals surface area contributed by atoms with Gasteiger partial charge in [-0.2, -0.15) is 5.10 Å². The Labute approximate surface area is 192 Å². The van der Waals surface area contributed by atoms with Crippen molar-refractivity contribution in [3.63, 3.8) is 0 Å². The lowest BCUT2D eigenvalue weighted by Gasteiger charge is -2.12. The van der Waals surface area contributed by atoms with Crippen molar-refractivity contribution in [3.8, 4) is 11.5 Å². The Bertz CT molecular complexity index is 1180. The molecule has 0 unspecified atom stereocenters. The maximum atomic E-state index is 13.0. The van der Waals surface area contributed by atoms with Gasteiger partial charge in [0.2, 0.25) is 0 Å². The van der Waals surface area contributed by atoms with Crippen LogP contribution in [0.2, 0.25) is 0 Å². The lowest BCUT2D eigenvalue weighted by atomic mass is 10.1. The van der Waals surface area contributed by atoms with Crippen molar-refractivity contribution >= 4 is 23.6 Å². The van der Waals surface area contributed by atoms with Crippen LogP contribution in [0, 0.1) is 0 Å². The molecule has 0 saturated carbocycles. The number of amides is 2. The number of nitrogens with one attached hydrogen (secondary N) is 2. The highest BCUT2D eigenvalue weighted by Crippen LogP contribution is 2.26. The molecule has 0 aliphatic rings. The van der Waals surface area contributed by atoms with Crippen LogP contribution in [0.1, 0.15) is 28.5 Å². The molecule has 0 bridgehead atoms. The van der Waals surface area contributed by atoms with E-state index in [0.717, 1.165) is 0 Å². The van der Waals surface area contributed by atoms with Crippen LogP contribution in [-0.2, 0) is 4.79 Å². The molecule has 2 amide bonds. The number of methoxy groups -OCH3 is 2. The normalized spacial score (nSPS) is 11.5. The number of benzene rings is 2. The summed E-state index contributed by atoms with van der Waals surface area (Å²) in [6.45, 7) is 1.72. The lowest BCUT2D eigenvalue weighted by molar-refractivity contribution is -0.117. The Morgan fingerprint density at radius 2 is 1.73 bits per heavy atom. The summed E-state index contributed by atoms with van der Waals surface area (Å²) in [6.07, 6.45) is 3.14. The molecule has 33 heavy (non-hydrogen) atoms. The summed E-state index contributed by atoms with van der Waals surface area (Å²) in [5.41, 5.74) is 4.53. The van der Waals surface area contributed by atoms with Gasteiger partial charge in [0.15, 0.2) is 0 Å². The van der Waals surface area contributed by atoms with Gasteiger partial charge in [0.05, 0.1) is 25.6 Å². The maximum absolute atomic E-state index is 13.0. The summed E-state index contributed by atoms with van der Waals surface area (Å²) in [5, 5.41) is 6.78. The molecule has 1 heterocycles. The molecule has 0 aliphatic heterocycles. The second kappa shape index (κ2) is 11.2. The number of rotatable bonds is 8. The first-order valence-corrected chi connectivity index (χ1v) is 10.1. The highest BCUT2D eigenvalue weighted by molar-refractivity contribution is 6.06. The van der Waals surface area contributed by atoms with Crippen molar-refractivity contribution in [2.75, 3.05) is 14.2 Å². The molecule has 2 aromatic carbocycles. The molecule has 3 rings (SSSR count). The van der Waals surface area contributed by atoms with Gasteiger partial charge in [-0.05, 0) is 55.5 Å². The topological polar surface area (TPSA) is 102 Å². The number of carbonyl (C=O) groups excluding carboxylic acids is 2. The van der Waals surface area contributed by atoms with Gasteiger partial charge in [-0.1, -0.05) is 24.3 Å². The number of pyridine rings is 1. The SMILES string of the molecule is COc1ccc(OC)c(/C=C(\NC(=O)c2ccccc2)C(=O)N/N=C(/C)c2ccccn2)c1. The minimum absolute atomic E-state index is 0.0204. The predicted octanol–water partition coefficient (Wildman–Crippen LogP) is 3.41. The van der Waals surface area contributed by atoms with Crippen LogP contribution in [0.3, 0.4) is 0 Å². The molecule has 2 N–H and O–H groups in total. The molecule has 0 fully saturated rings. The lowest BCUT2D eigenvalue weighted by Crippen LogP contribution is -2.33. The number of carbonyl (C=O) groups is 2. The third-order valence-corrected chi connectivity index (χ3v) is 4.63. The summed E-state index contributed by atoms with van der Waals surface area (Å²) in [5.74, 6) is 0.0205. The first kappa shape index (κ1) is 23.2. The maximum Gasteiger partial charge on any atom is 0.287 e. The summed E-state index contributed by atoms with van der Waals surface area (Å²) in [7, 11) is 3.05.